The van der Waals surface area contributed by atoms with Gasteiger partial charge >= 0.3 is 0 Å². The van der Waals surface area contributed by atoms with Gasteiger partial charge in [-0.2, -0.15) is 11.8 Å². The molecule has 0 aromatic heterocycles. The molecule has 0 saturated carbocycles. The molecule has 1 saturated heterocycles. The van der Waals surface area contributed by atoms with E-state index in [-0.39, 0.29) is 5.54 Å². The van der Waals surface area contributed by atoms with Crippen LogP contribution in [0.2, 0.25) is 0 Å². The summed E-state index contributed by atoms with van der Waals surface area (Å²) in [4.78, 5) is 2.40. The predicted octanol–water partition coefficient (Wildman–Crippen LogP) is 1.16. The van der Waals surface area contributed by atoms with Gasteiger partial charge in [-0.25, -0.2) is 0 Å². The normalized spacial score (nSPS) is 25.2. The maximum absolute atomic E-state index is 5.96. The van der Waals surface area contributed by atoms with E-state index in [9.17, 15) is 0 Å². The highest BCUT2D eigenvalue weighted by molar-refractivity contribution is 7.99. The second kappa shape index (κ2) is 3.99. The number of hydrogen-bond acceptors (Lipinski definition) is 3. The first kappa shape index (κ1) is 10.4. The van der Waals surface area contributed by atoms with Crippen molar-refractivity contribution in [3.8, 4) is 0 Å². The van der Waals surface area contributed by atoms with Crippen LogP contribution in [0.1, 0.15) is 20.3 Å². The lowest BCUT2D eigenvalue weighted by molar-refractivity contribution is 0.217. The van der Waals surface area contributed by atoms with Gasteiger partial charge < -0.3 is 10.6 Å². The van der Waals surface area contributed by atoms with Gasteiger partial charge in [0.25, 0.3) is 0 Å². The fraction of sp³-hybridized carbons (Fsp3) is 1.00. The predicted molar refractivity (Wildman–Crippen MR) is 56.6 cm³/mol. The van der Waals surface area contributed by atoms with Crippen LogP contribution in [0.4, 0.5) is 0 Å². The third-order valence-corrected chi connectivity index (χ3v) is 3.33. The Balaban J connectivity index is 2.31. The SMILES string of the molecule is CN(CC(C)(C)N)C1CCSC1. The number of nitrogens with zero attached hydrogens (tertiary/aromatic N) is 1. The maximum atomic E-state index is 5.96. The van der Waals surface area contributed by atoms with Gasteiger partial charge in [0.1, 0.15) is 0 Å². The van der Waals surface area contributed by atoms with E-state index in [2.05, 4.69) is 37.6 Å². The van der Waals surface area contributed by atoms with Crippen LogP contribution < -0.4 is 5.73 Å². The lowest BCUT2D eigenvalue weighted by Gasteiger charge is -2.30. The van der Waals surface area contributed by atoms with Gasteiger partial charge in [0.15, 0.2) is 0 Å². The molecule has 1 unspecified atom stereocenters. The van der Waals surface area contributed by atoms with Gasteiger partial charge in [-0.1, -0.05) is 0 Å². The smallest absolute Gasteiger partial charge is 0.0226 e. The molecule has 1 heterocycles. The molecule has 72 valence electrons. The zero-order valence-corrected chi connectivity index (χ0v) is 9.16. The maximum Gasteiger partial charge on any atom is 0.0226 e. The first-order valence-corrected chi connectivity index (χ1v) is 5.71. The molecule has 12 heavy (non-hydrogen) atoms. The van der Waals surface area contributed by atoms with E-state index in [1.54, 1.807) is 0 Å². The molecule has 0 aliphatic carbocycles. The van der Waals surface area contributed by atoms with Crippen LogP contribution in [0.5, 0.6) is 0 Å². The van der Waals surface area contributed by atoms with E-state index < -0.39 is 0 Å². The van der Waals surface area contributed by atoms with Gasteiger partial charge in [-0.15, -0.1) is 0 Å². The lowest BCUT2D eigenvalue weighted by atomic mass is 10.1. The fourth-order valence-corrected chi connectivity index (χ4v) is 2.94. The molecule has 1 aliphatic rings. The van der Waals surface area contributed by atoms with Crippen molar-refractivity contribution in [2.24, 2.45) is 5.73 Å². The van der Waals surface area contributed by atoms with Gasteiger partial charge in [-0.3, -0.25) is 0 Å². The quantitative estimate of drug-likeness (QED) is 0.721. The number of hydrogen-bond donors (Lipinski definition) is 1. The molecule has 0 bridgehead atoms. The summed E-state index contributed by atoms with van der Waals surface area (Å²) in [6, 6.07) is 0.762. The Hall–Kier alpha value is 0.270. The van der Waals surface area contributed by atoms with Gasteiger partial charge in [0.05, 0.1) is 0 Å². The summed E-state index contributed by atoms with van der Waals surface area (Å²) in [6.45, 7) is 5.18. The van der Waals surface area contributed by atoms with Crippen LogP contribution >= 0.6 is 11.8 Å². The molecule has 0 aromatic carbocycles. The minimum Gasteiger partial charge on any atom is -0.324 e. The molecular weight excluding hydrogens is 168 g/mol. The summed E-state index contributed by atoms with van der Waals surface area (Å²) < 4.78 is 0. The molecule has 1 aliphatic heterocycles. The minimum absolute atomic E-state index is 0.0536. The van der Waals surface area contributed by atoms with Crippen molar-refractivity contribution in [2.45, 2.75) is 31.8 Å². The van der Waals surface area contributed by atoms with Crippen LogP contribution in [0, 0.1) is 0 Å². The van der Waals surface area contributed by atoms with Crippen LogP contribution in [0.25, 0.3) is 0 Å². The highest BCUT2D eigenvalue weighted by Gasteiger charge is 2.23. The molecular formula is C9H20N2S. The third kappa shape index (κ3) is 3.33. The van der Waals surface area contributed by atoms with E-state index in [1.165, 1.54) is 17.9 Å². The Bertz CT molecular complexity index is 136. The molecule has 1 atom stereocenters. The van der Waals surface area contributed by atoms with Crippen LogP contribution in [0.15, 0.2) is 0 Å². The average Bonchev–Trinajstić information content (AvgIpc) is 2.32. The van der Waals surface area contributed by atoms with Gasteiger partial charge in [-0.05, 0) is 33.1 Å². The van der Waals surface area contributed by atoms with Crippen LogP contribution in [-0.2, 0) is 0 Å². The molecule has 2 N–H and O–H groups in total. The Labute approximate surface area is 79.9 Å². The van der Waals surface area contributed by atoms with Crippen molar-refractivity contribution in [1.82, 2.24) is 4.90 Å². The van der Waals surface area contributed by atoms with Crippen molar-refractivity contribution in [2.75, 3.05) is 25.1 Å². The van der Waals surface area contributed by atoms with Crippen molar-refractivity contribution in [3.63, 3.8) is 0 Å². The summed E-state index contributed by atoms with van der Waals surface area (Å²) in [5, 5.41) is 0. The third-order valence-electron chi connectivity index (χ3n) is 2.19. The number of thioether (sulfide) groups is 1. The molecule has 0 aromatic rings. The number of rotatable bonds is 3. The first-order chi connectivity index (χ1) is 5.49. The lowest BCUT2D eigenvalue weighted by Crippen LogP contribution is -2.47. The minimum atomic E-state index is -0.0536. The zero-order valence-electron chi connectivity index (χ0n) is 8.34. The summed E-state index contributed by atoms with van der Waals surface area (Å²) in [5.41, 5.74) is 5.90. The molecule has 1 fully saturated rings. The van der Waals surface area contributed by atoms with Crippen molar-refractivity contribution in [3.05, 3.63) is 0 Å². The standard InChI is InChI=1S/C9H20N2S/c1-9(2,10)7-11(3)8-4-5-12-6-8/h8H,4-7,10H2,1-3H3. The Morgan fingerprint density at radius 2 is 2.25 bits per heavy atom. The summed E-state index contributed by atoms with van der Waals surface area (Å²) >= 11 is 2.05. The van der Waals surface area contributed by atoms with E-state index in [0.717, 1.165) is 12.6 Å². The summed E-state index contributed by atoms with van der Waals surface area (Å²) in [6.07, 6.45) is 1.33. The summed E-state index contributed by atoms with van der Waals surface area (Å²) in [7, 11) is 2.19. The molecule has 3 heteroatoms. The number of likely N-dealkylation sites (N-methyl/N-ethyl adjacent to an activating group) is 1. The number of nitrogens with two attached hydrogens (primary N) is 1. The monoisotopic (exact) mass is 188 g/mol. The topological polar surface area (TPSA) is 29.3 Å². The largest absolute Gasteiger partial charge is 0.324 e. The average molecular weight is 188 g/mol. The molecule has 0 radical (unpaired) electrons. The second-order valence-corrected chi connectivity index (χ2v) is 5.57. The van der Waals surface area contributed by atoms with E-state index in [0.29, 0.717) is 0 Å². The first-order valence-electron chi connectivity index (χ1n) is 4.56. The summed E-state index contributed by atoms with van der Waals surface area (Å²) in [5.74, 6) is 2.60. The van der Waals surface area contributed by atoms with E-state index in [4.69, 9.17) is 5.73 Å². The Kier molecular flexibility index (Phi) is 3.44. The van der Waals surface area contributed by atoms with Crippen LogP contribution in [-0.4, -0.2) is 41.6 Å². The van der Waals surface area contributed by atoms with Crippen molar-refractivity contribution < 1.29 is 0 Å². The molecule has 0 spiro atoms. The van der Waals surface area contributed by atoms with E-state index >= 15 is 0 Å². The zero-order chi connectivity index (χ0) is 9.19. The highest BCUT2D eigenvalue weighted by Crippen LogP contribution is 2.21. The fourth-order valence-electron chi connectivity index (χ4n) is 1.64. The van der Waals surface area contributed by atoms with E-state index in [1.807, 2.05) is 0 Å². The van der Waals surface area contributed by atoms with Gasteiger partial charge in [0, 0.05) is 23.9 Å². The van der Waals surface area contributed by atoms with Gasteiger partial charge in [0.2, 0.25) is 0 Å². The molecule has 0 amide bonds. The highest BCUT2D eigenvalue weighted by atomic mass is 32.2. The molecule has 1 rings (SSSR count). The van der Waals surface area contributed by atoms with Crippen molar-refractivity contribution in [1.29, 1.82) is 0 Å². The Morgan fingerprint density at radius 3 is 2.67 bits per heavy atom. The van der Waals surface area contributed by atoms with Crippen molar-refractivity contribution >= 4 is 11.8 Å². The van der Waals surface area contributed by atoms with Crippen LogP contribution in [0.3, 0.4) is 0 Å². The molecule has 2 nitrogen and oxygen atoms in total. The second-order valence-electron chi connectivity index (χ2n) is 4.42. The Morgan fingerprint density at radius 1 is 1.58 bits per heavy atom.